The fraction of sp³-hybridized carbons (Fsp3) is 0.529. The third kappa shape index (κ3) is 5.83. The molecule has 0 saturated heterocycles. The maximum absolute atomic E-state index is 12.5. The molecule has 196 valence electrons. The Hall–Kier alpha value is -3.49. The van der Waals surface area contributed by atoms with Gasteiger partial charge in [-0.15, -0.1) is 15.3 Å². The van der Waals surface area contributed by atoms with E-state index in [0.717, 1.165) is 22.5 Å². The summed E-state index contributed by atoms with van der Waals surface area (Å²) in [4.78, 5) is 36.4. The van der Waals surface area contributed by atoms with Crippen LogP contribution in [-0.2, 0) is 25.4 Å². The Morgan fingerprint density at radius 1 is 1.14 bits per heavy atom. The molecule has 6 N–H and O–H groups in total. The molecule has 36 heavy (non-hydrogen) atoms. The van der Waals surface area contributed by atoms with Gasteiger partial charge in [0.15, 0.2) is 11.2 Å². The lowest BCUT2D eigenvalue weighted by molar-refractivity contribution is -0.118. The fourth-order valence-corrected chi connectivity index (χ4v) is 3.44. The second kappa shape index (κ2) is 11.5. The molecule has 4 atom stereocenters. The molecule has 3 aromatic heterocycles. The first kappa shape index (κ1) is 27.1. The van der Waals surface area contributed by atoms with Crippen molar-refractivity contribution in [2.45, 2.75) is 36.2 Å². The molecular formula is C17H23N9O9S. The lowest BCUT2D eigenvalue weighted by atomic mass is 10.0. The summed E-state index contributed by atoms with van der Waals surface area (Å²) in [5.74, 6) is -0.807. The molecule has 0 fully saturated rings. The van der Waals surface area contributed by atoms with Gasteiger partial charge < -0.3 is 29.9 Å². The van der Waals surface area contributed by atoms with E-state index < -0.39 is 48.2 Å². The van der Waals surface area contributed by atoms with E-state index in [9.17, 15) is 34.8 Å². The molecule has 0 bridgehead atoms. The summed E-state index contributed by atoms with van der Waals surface area (Å²) < 4.78 is 8.72. The summed E-state index contributed by atoms with van der Waals surface area (Å²) in [5, 5.41) is 65.7. The topological polar surface area (TPSA) is 256 Å². The van der Waals surface area contributed by atoms with Crippen molar-refractivity contribution in [3.63, 3.8) is 0 Å². The summed E-state index contributed by atoms with van der Waals surface area (Å²) >= 11 is 0.857. The molecule has 0 spiro atoms. The number of amides is 1. The van der Waals surface area contributed by atoms with Gasteiger partial charge in [0.05, 0.1) is 18.6 Å². The molecule has 0 aliphatic heterocycles. The zero-order valence-corrected chi connectivity index (χ0v) is 19.7. The highest BCUT2D eigenvalue weighted by Crippen LogP contribution is 2.16. The highest BCUT2D eigenvalue weighted by atomic mass is 32.2. The summed E-state index contributed by atoms with van der Waals surface area (Å²) in [5.41, 5.74) is 1.08. The van der Waals surface area contributed by atoms with Gasteiger partial charge >= 0.3 is 5.69 Å². The van der Waals surface area contributed by atoms with Gasteiger partial charge in [-0.05, 0) is 0 Å². The average molecular weight is 529 g/mol. The predicted octanol–water partition coefficient (Wildman–Crippen LogP) is -5.11. The van der Waals surface area contributed by atoms with Crippen LogP contribution in [0.2, 0.25) is 0 Å². The van der Waals surface area contributed by atoms with Crippen LogP contribution < -0.4 is 16.7 Å². The first-order chi connectivity index (χ1) is 17.0. The van der Waals surface area contributed by atoms with Crippen molar-refractivity contribution < 1.29 is 34.7 Å². The number of aliphatic hydroxyl groups excluding tert-OH is 5. The predicted molar refractivity (Wildman–Crippen MR) is 120 cm³/mol. The van der Waals surface area contributed by atoms with E-state index in [-0.39, 0.29) is 34.6 Å². The number of aromatic nitrogens is 7. The van der Waals surface area contributed by atoms with Gasteiger partial charge in [0.25, 0.3) is 16.7 Å². The zero-order chi connectivity index (χ0) is 26.6. The van der Waals surface area contributed by atoms with E-state index in [4.69, 9.17) is 9.52 Å². The number of aryl methyl sites for hydroxylation is 1. The van der Waals surface area contributed by atoms with Crippen molar-refractivity contribution >= 4 is 35.0 Å². The Morgan fingerprint density at radius 2 is 1.86 bits per heavy atom. The third-order valence-electron chi connectivity index (χ3n) is 4.87. The van der Waals surface area contributed by atoms with Gasteiger partial charge in [-0.2, -0.15) is 5.10 Å². The highest BCUT2D eigenvalue weighted by Gasteiger charge is 2.29. The molecule has 0 aliphatic carbocycles. The molecule has 3 rings (SSSR count). The van der Waals surface area contributed by atoms with Gasteiger partial charge in [-0.3, -0.25) is 18.7 Å². The monoisotopic (exact) mass is 529 g/mol. The average Bonchev–Trinajstić information content (AvgIpc) is 3.50. The van der Waals surface area contributed by atoms with Gasteiger partial charge in [0.2, 0.25) is 5.89 Å². The summed E-state index contributed by atoms with van der Waals surface area (Å²) in [6.07, 6.45) is -6.37. The highest BCUT2D eigenvalue weighted by molar-refractivity contribution is 7.99. The molecule has 0 aromatic carbocycles. The first-order valence-electron chi connectivity index (χ1n) is 10.1. The van der Waals surface area contributed by atoms with Crippen LogP contribution in [0.4, 0.5) is 0 Å². The molecule has 18 nitrogen and oxygen atoms in total. The number of hydrazone groups is 1. The van der Waals surface area contributed by atoms with Crippen LogP contribution in [0.25, 0.3) is 11.2 Å². The second-order valence-corrected chi connectivity index (χ2v) is 8.34. The molecule has 0 unspecified atom stereocenters. The summed E-state index contributed by atoms with van der Waals surface area (Å²) in [7, 11) is 2.78. The zero-order valence-electron chi connectivity index (χ0n) is 18.9. The van der Waals surface area contributed by atoms with Crippen molar-refractivity contribution in [1.82, 2.24) is 39.8 Å². The molecule has 0 aliphatic rings. The molecular weight excluding hydrogens is 506 g/mol. The number of aliphatic hydroxyl groups is 5. The van der Waals surface area contributed by atoms with Crippen LogP contribution in [0.15, 0.2) is 24.3 Å². The molecule has 3 aromatic rings. The SMILES string of the molecule is Cn1c(=O)c2c(nnn2Cc2nnc(SCC(=O)N/N=C/[C@H](O)[C@@H](O)[C@@H](O)[C@H](O)CO)o2)n(C)c1=O. The lowest BCUT2D eigenvalue weighted by Crippen LogP contribution is -2.46. The number of nitrogens with one attached hydrogen (secondary N) is 1. The quantitative estimate of drug-likeness (QED) is 0.0771. The number of rotatable bonds is 11. The maximum atomic E-state index is 12.5. The number of carbonyl (C=O) groups excluding carboxylic acids is 1. The first-order valence-corrected chi connectivity index (χ1v) is 11.1. The minimum Gasteiger partial charge on any atom is -0.414 e. The molecule has 19 heteroatoms. The van der Waals surface area contributed by atoms with Crippen LogP contribution >= 0.6 is 11.8 Å². The van der Waals surface area contributed by atoms with E-state index in [1.54, 1.807) is 0 Å². The van der Waals surface area contributed by atoms with Gasteiger partial charge in [-0.1, -0.05) is 17.0 Å². The number of carbonyl (C=O) groups is 1. The molecule has 0 radical (unpaired) electrons. The largest absolute Gasteiger partial charge is 0.414 e. The Bertz CT molecular complexity index is 1360. The number of fused-ring (bicyclic) bond motifs is 1. The Morgan fingerprint density at radius 3 is 2.56 bits per heavy atom. The minimum absolute atomic E-state index is 0.0189. The van der Waals surface area contributed by atoms with Crippen molar-refractivity contribution in [3.05, 3.63) is 26.7 Å². The minimum atomic E-state index is -1.86. The van der Waals surface area contributed by atoms with Crippen LogP contribution in [0.1, 0.15) is 5.89 Å². The van der Waals surface area contributed by atoms with Crippen molar-refractivity contribution in [3.8, 4) is 0 Å². The summed E-state index contributed by atoms with van der Waals surface area (Å²) in [6, 6.07) is 0. The standard InChI is InChI=1S/C17H23N9O9S/c1-24-14-11(15(33)25(2)17(24)34)26(23-21-14)4-10-20-22-16(35-10)36-6-9(30)19-18-3-7(28)12(31)13(32)8(29)5-27/h3,7-8,12-13,27-29,31-32H,4-6H2,1-2H3,(H,19,30)/b18-3+/t7-,8+,12+,13-/m0/s1. The van der Waals surface area contributed by atoms with E-state index in [1.165, 1.54) is 23.3 Å². The van der Waals surface area contributed by atoms with Gasteiger partial charge in [0, 0.05) is 14.1 Å². The summed E-state index contributed by atoms with van der Waals surface area (Å²) in [6.45, 7) is -0.951. The van der Waals surface area contributed by atoms with Gasteiger partial charge in [-0.25, -0.2) is 14.9 Å². The molecule has 0 saturated carbocycles. The molecule has 1 amide bonds. The maximum Gasteiger partial charge on any atom is 0.332 e. The lowest BCUT2D eigenvalue weighted by Gasteiger charge is -2.23. The van der Waals surface area contributed by atoms with Crippen LogP contribution in [0.5, 0.6) is 0 Å². The second-order valence-electron chi connectivity index (χ2n) is 7.41. The van der Waals surface area contributed by atoms with E-state index in [2.05, 4.69) is 31.0 Å². The van der Waals surface area contributed by atoms with Crippen molar-refractivity contribution in [1.29, 1.82) is 0 Å². The number of nitrogens with zero attached hydrogens (tertiary/aromatic N) is 8. The van der Waals surface area contributed by atoms with Crippen molar-refractivity contribution in [2.75, 3.05) is 12.4 Å². The number of hydrogen-bond donors (Lipinski definition) is 6. The van der Waals surface area contributed by atoms with Crippen molar-refractivity contribution in [2.24, 2.45) is 19.2 Å². The van der Waals surface area contributed by atoms with E-state index >= 15 is 0 Å². The van der Waals surface area contributed by atoms with E-state index in [0.29, 0.717) is 0 Å². The number of thioether (sulfide) groups is 1. The molecule has 3 heterocycles. The van der Waals surface area contributed by atoms with Crippen LogP contribution in [0.3, 0.4) is 0 Å². The third-order valence-corrected chi connectivity index (χ3v) is 5.69. The Kier molecular flexibility index (Phi) is 8.66. The van der Waals surface area contributed by atoms with Crippen LogP contribution in [-0.4, -0.2) is 109 Å². The Labute approximate surface area is 204 Å². The smallest absolute Gasteiger partial charge is 0.332 e. The number of hydrogen-bond acceptors (Lipinski definition) is 15. The normalized spacial score (nSPS) is 15.3. The van der Waals surface area contributed by atoms with Crippen LogP contribution in [0, 0.1) is 0 Å². The van der Waals surface area contributed by atoms with E-state index in [1.807, 2.05) is 0 Å². The Balaban J connectivity index is 1.55. The van der Waals surface area contributed by atoms with Gasteiger partial charge in [0.1, 0.15) is 31.0 Å². The fourth-order valence-electron chi connectivity index (χ4n) is 2.87.